The van der Waals surface area contributed by atoms with Crippen LogP contribution >= 0.6 is 11.3 Å². The van der Waals surface area contributed by atoms with Gasteiger partial charge in [0.05, 0.1) is 17.9 Å². The molecule has 0 saturated carbocycles. The summed E-state index contributed by atoms with van der Waals surface area (Å²) in [5.41, 5.74) is 0.940. The Labute approximate surface area is 142 Å². The number of hydrogen-bond acceptors (Lipinski definition) is 5. The molecular formula is C16H17FN4O2S. The number of carbonyl (C=O) groups excluding carboxylic acids is 2. The zero-order valence-electron chi connectivity index (χ0n) is 13.2. The summed E-state index contributed by atoms with van der Waals surface area (Å²) >= 11 is 1.28. The third-order valence-corrected chi connectivity index (χ3v) is 4.52. The average molecular weight is 348 g/mol. The Morgan fingerprint density at radius 1 is 1.46 bits per heavy atom. The van der Waals surface area contributed by atoms with Gasteiger partial charge in [0.25, 0.3) is 0 Å². The van der Waals surface area contributed by atoms with Crippen LogP contribution in [0.1, 0.15) is 12.6 Å². The summed E-state index contributed by atoms with van der Waals surface area (Å²) in [6.07, 6.45) is 0. The monoisotopic (exact) mass is 348 g/mol. The van der Waals surface area contributed by atoms with Crippen LogP contribution in [0.5, 0.6) is 0 Å². The normalized spacial score (nSPS) is 15.2. The van der Waals surface area contributed by atoms with Gasteiger partial charge in [-0.05, 0) is 12.1 Å². The maximum Gasteiger partial charge on any atom is 0.234 e. The molecule has 2 heterocycles. The Bertz CT molecular complexity index is 764. The number of aromatic nitrogens is 1. The van der Waals surface area contributed by atoms with Crippen LogP contribution in [0.3, 0.4) is 0 Å². The number of amides is 2. The topological polar surface area (TPSA) is 65.5 Å². The van der Waals surface area contributed by atoms with Gasteiger partial charge in [-0.25, -0.2) is 9.37 Å². The van der Waals surface area contributed by atoms with Crippen molar-refractivity contribution in [1.82, 2.24) is 15.2 Å². The summed E-state index contributed by atoms with van der Waals surface area (Å²) in [5.74, 6) is -0.788. The molecule has 0 unspecified atom stereocenters. The zero-order valence-corrected chi connectivity index (χ0v) is 14.0. The highest BCUT2D eigenvalue weighted by molar-refractivity contribution is 7.14. The van der Waals surface area contributed by atoms with Gasteiger partial charge in [-0.15, -0.1) is 11.3 Å². The Hall–Kier alpha value is -2.32. The Balaban J connectivity index is 1.81. The molecule has 1 saturated heterocycles. The predicted molar refractivity (Wildman–Crippen MR) is 89.6 cm³/mol. The molecule has 3 rings (SSSR count). The van der Waals surface area contributed by atoms with Gasteiger partial charge in [-0.3, -0.25) is 19.4 Å². The molecule has 1 aliphatic rings. The van der Waals surface area contributed by atoms with Crippen molar-refractivity contribution >= 4 is 34.0 Å². The summed E-state index contributed by atoms with van der Waals surface area (Å²) in [4.78, 5) is 31.1. The van der Waals surface area contributed by atoms with Gasteiger partial charge in [-0.2, -0.15) is 0 Å². The number of piperazine rings is 1. The molecule has 8 heteroatoms. The van der Waals surface area contributed by atoms with Crippen LogP contribution in [-0.2, 0) is 16.1 Å². The van der Waals surface area contributed by atoms with E-state index in [9.17, 15) is 14.0 Å². The fraction of sp³-hybridized carbons (Fsp3) is 0.312. The molecule has 2 aromatic rings. The van der Waals surface area contributed by atoms with Crippen molar-refractivity contribution in [3.63, 3.8) is 0 Å². The van der Waals surface area contributed by atoms with E-state index in [4.69, 9.17) is 0 Å². The first-order chi connectivity index (χ1) is 11.5. The Morgan fingerprint density at radius 3 is 2.96 bits per heavy atom. The maximum atomic E-state index is 14.0. The first kappa shape index (κ1) is 16.5. The van der Waals surface area contributed by atoms with Crippen molar-refractivity contribution in [3.05, 3.63) is 41.2 Å². The maximum absolute atomic E-state index is 14.0. The lowest BCUT2D eigenvalue weighted by Gasteiger charge is -2.25. The van der Waals surface area contributed by atoms with Gasteiger partial charge in [-0.1, -0.05) is 12.1 Å². The predicted octanol–water partition coefficient (Wildman–Crippen LogP) is 1.90. The highest BCUT2D eigenvalue weighted by atomic mass is 32.1. The number of halogens is 1. The number of hydrogen-bond donors (Lipinski definition) is 1. The van der Waals surface area contributed by atoms with Crippen molar-refractivity contribution in [2.24, 2.45) is 0 Å². The highest BCUT2D eigenvalue weighted by Gasteiger charge is 2.22. The number of carbonyl (C=O) groups is 2. The van der Waals surface area contributed by atoms with Crippen LogP contribution in [0, 0.1) is 5.82 Å². The molecule has 1 aromatic heterocycles. The Morgan fingerprint density at radius 2 is 2.25 bits per heavy atom. The molecule has 1 aliphatic heterocycles. The second kappa shape index (κ2) is 7.06. The van der Waals surface area contributed by atoms with Gasteiger partial charge >= 0.3 is 0 Å². The molecule has 0 bridgehead atoms. The van der Waals surface area contributed by atoms with E-state index < -0.39 is 5.82 Å². The van der Waals surface area contributed by atoms with E-state index in [-0.39, 0.29) is 17.5 Å². The van der Waals surface area contributed by atoms with Crippen LogP contribution in [0.15, 0.2) is 29.6 Å². The van der Waals surface area contributed by atoms with Gasteiger partial charge in [0, 0.05) is 31.9 Å². The molecule has 0 radical (unpaired) electrons. The first-order valence-electron chi connectivity index (χ1n) is 7.53. The van der Waals surface area contributed by atoms with Crippen molar-refractivity contribution in [1.29, 1.82) is 0 Å². The summed E-state index contributed by atoms with van der Waals surface area (Å²) in [7, 11) is 0. The molecular weight excluding hydrogens is 331 g/mol. The van der Waals surface area contributed by atoms with E-state index in [1.165, 1.54) is 29.2 Å². The largest absolute Gasteiger partial charge is 0.354 e. The van der Waals surface area contributed by atoms with Crippen LogP contribution < -0.4 is 10.2 Å². The second-order valence-electron chi connectivity index (χ2n) is 5.49. The van der Waals surface area contributed by atoms with Gasteiger partial charge in [0.2, 0.25) is 11.8 Å². The van der Waals surface area contributed by atoms with Gasteiger partial charge < -0.3 is 5.32 Å². The minimum atomic E-state index is -0.475. The molecule has 24 heavy (non-hydrogen) atoms. The van der Waals surface area contributed by atoms with E-state index in [2.05, 4.69) is 10.3 Å². The molecule has 0 aliphatic carbocycles. The number of thiazole rings is 1. The lowest BCUT2D eigenvalue weighted by atomic mass is 10.3. The van der Waals surface area contributed by atoms with E-state index in [1.807, 2.05) is 10.3 Å². The molecule has 1 fully saturated rings. The van der Waals surface area contributed by atoms with Gasteiger partial charge in [0.1, 0.15) is 5.82 Å². The molecule has 0 atom stereocenters. The van der Waals surface area contributed by atoms with E-state index in [0.717, 1.165) is 12.2 Å². The Kier molecular flexibility index (Phi) is 4.86. The van der Waals surface area contributed by atoms with E-state index >= 15 is 0 Å². The molecule has 126 valence electrons. The molecule has 1 aromatic carbocycles. The van der Waals surface area contributed by atoms with Crippen LogP contribution in [0.2, 0.25) is 0 Å². The van der Waals surface area contributed by atoms with Crippen LogP contribution in [0.25, 0.3) is 0 Å². The quantitative estimate of drug-likeness (QED) is 0.916. The third-order valence-electron chi connectivity index (χ3n) is 3.64. The number of rotatable bonds is 4. The van der Waals surface area contributed by atoms with Crippen molar-refractivity contribution in [2.45, 2.75) is 13.5 Å². The van der Waals surface area contributed by atoms with Crippen LogP contribution in [0.4, 0.5) is 15.2 Å². The molecule has 2 amide bonds. The smallest absolute Gasteiger partial charge is 0.234 e. The fourth-order valence-corrected chi connectivity index (χ4v) is 3.44. The number of anilines is 2. The summed E-state index contributed by atoms with van der Waals surface area (Å²) < 4.78 is 14.0. The van der Waals surface area contributed by atoms with E-state index in [1.54, 1.807) is 18.2 Å². The SMILES string of the molecule is CC(=O)N(c1nc(CN2CCNC(=O)C2)cs1)c1ccccc1F. The fourth-order valence-electron chi connectivity index (χ4n) is 2.57. The van der Waals surface area contributed by atoms with Crippen LogP contribution in [-0.4, -0.2) is 41.3 Å². The molecule has 0 spiro atoms. The third kappa shape index (κ3) is 3.60. The lowest BCUT2D eigenvalue weighted by molar-refractivity contribution is -0.124. The summed E-state index contributed by atoms with van der Waals surface area (Å²) in [5, 5.41) is 5.02. The number of benzene rings is 1. The minimum Gasteiger partial charge on any atom is -0.354 e. The zero-order chi connectivity index (χ0) is 17.1. The molecule has 1 N–H and O–H groups in total. The second-order valence-corrected chi connectivity index (χ2v) is 6.32. The lowest BCUT2D eigenvalue weighted by Crippen LogP contribution is -2.47. The number of para-hydroxylation sites is 1. The average Bonchev–Trinajstić information content (AvgIpc) is 2.97. The summed E-state index contributed by atoms with van der Waals surface area (Å²) in [6.45, 7) is 3.60. The van der Waals surface area contributed by atoms with Crippen molar-refractivity contribution < 1.29 is 14.0 Å². The standard InChI is InChI=1S/C16H17FN4O2S/c1-11(22)21(14-5-3-2-4-13(14)17)16-19-12(10-24-16)8-20-7-6-18-15(23)9-20/h2-5,10H,6-9H2,1H3,(H,18,23). The van der Waals surface area contributed by atoms with Crippen molar-refractivity contribution in [3.8, 4) is 0 Å². The number of nitrogens with zero attached hydrogens (tertiary/aromatic N) is 3. The first-order valence-corrected chi connectivity index (χ1v) is 8.41. The highest BCUT2D eigenvalue weighted by Crippen LogP contribution is 2.30. The summed E-state index contributed by atoms with van der Waals surface area (Å²) in [6, 6.07) is 6.11. The number of nitrogens with one attached hydrogen (secondary N) is 1. The van der Waals surface area contributed by atoms with Gasteiger partial charge in [0.15, 0.2) is 5.13 Å². The molecule has 6 nitrogen and oxygen atoms in total. The minimum absolute atomic E-state index is 0.00609. The van der Waals surface area contributed by atoms with Crippen molar-refractivity contribution in [2.75, 3.05) is 24.5 Å². The van der Waals surface area contributed by atoms with E-state index in [0.29, 0.717) is 24.8 Å².